The van der Waals surface area contributed by atoms with Crippen LogP contribution >= 0.6 is 0 Å². The molecule has 1 heterocycles. The van der Waals surface area contributed by atoms with Gasteiger partial charge in [-0.15, -0.1) is 0 Å². The number of aryl methyl sites for hydroxylation is 1. The second kappa shape index (κ2) is 5.93. The lowest BCUT2D eigenvalue weighted by atomic mass is 10.1. The number of anilines is 1. The molecule has 0 saturated carbocycles. The molecule has 0 bridgehead atoms. The van der Waals surface area contributed by atoms with E-state index in [9.17, 15) is 4.79 Å². The van der Waals surface area contributed by atoms with Crippen molar-refractivity contribution >= 4 is 22.6 Å². The fourth-order valence-electron chi connectivity index (χ4n) is 2.39. The normalized spacial score (nSPS) is 10.6. The van der Waals surface area contributed by atoms with Gasteiger partial charge < -0.3 is 14.5 Å². The predicted molar refractivity (Wildman–Crippen MR) is 86.3 cm³/mol. The fraction of sp³-hybridized carbons (Fsp3) is 0.167. The van der Waals surface area contributed by atoms with Crippen molar-refractivity contribution in [3.8, 4) is 5.75 Å². The molecule has 0 saturated heterocycles. The number of amides is 1. The highest BCUT2D eigenvalue weighted by Gasteiger charge is 2.11. The second-order valence-corrected chi connectivity index (χ2v) is 5.21. The van der Waals surface area contributed by atoms with Gasteiger partial charge in [0.15, 0.2) is 0 Å². The van der Waals surface area contributed by atoms with Crippen LogP contribution in [-0.4, -0.2) is 13.0 Å². The maximum absolute atomic E-state index is 12.2. The average molecular weight is 295 g/mol. The first-order valence-electron chi connectivity index (χ1n) is 7.06. The maximum Gasteiger partial charge on any atom is 0.228 e. The standard InChI is InChI=1S/C18H17NO3/c1-12-3-8-17-16(9-12)13(11-22-17)10-18(20)19-14-4-6-15(21-2)7-5-14/h3-9,11H,10H2,1-2H3,(H,19,20). The highest BCUT2D eigenvalue weighted by atomic mass is 16.5. The van der Waals surface area contributed by atoms with Crippen LogP contribution in [0.25, 0.3) is 11.0 Å². The van der Waals surface area contributed by atoms with Gasteiger partial charge in [0.1, 0.15) is 11.3 Å². The number of furan rings is 1. The number of hydrogen-bond acceptors (Lipinski definition) is 3. The molecule has 4 nitrogen and oxygen atoms in total. The summed E-state index contributed by atoms with van der Waals surface area (Å²) in [6.45, 7) is 2.02. The van der Waals surface area contributed by atoms with E-state index in [1.807, 2.05) is 49.4 Å². The fourth-order valence-corrected chi connectivity index (χ4v) is 2.39. The van der Waals surface area contributed by atoms with Crippen molar-refractivity contribution in [3.05, 3.63) is 59.9 Å². The van der Waals surface area contributed by atoms with Gasteiger partial charge in [0.05, 0.1) is 19.8 Å². The summed E-state index contributed by atoms with van der Waals surface area (Å²) in [5.41, 5.74) is 3.59. The molecule has 1 amide bonds. The summed E-state index contributed by atoms with van der Waals surface area (Å²) < 4.78 is 10.6. The third-order valence-corrected chi connectivity index (χ3v) is 3.53. The van der Waals surface area contributed by atoms with Crippen LogP contribution in [0.15, 0.2) is 53.1 Å². The lowest BCUT2D eigenvalue weighted by molar-refractivity contribution is -0.115. The Balaban J connectivity index is 1.73. The van der Waals surface area contributed by atoms with Gasteiger partial charge in [0.2, 0.25) is 5.91 Å². The number of fused-ring (bicyclic) bond motifs is 1. The van der Waals surface area contributed by atoms with Gasteiger partial charge in [0.25, 0.3) is 0 Å². The Morgan fingerprint density at radius 2 is 1.95 bits per heavy atom. The summed E-state index contributed by atoms with van der Waals surface area (Å²) in [6, 6.07) is 13.2. The van der Waals surface area contributed by atoms with Crippen molar-refractivity contribution in [3.63, 3.8) is 0 Å². The van der Waals surface area contributed by atoms with E-state index in [0.717, 1.165) is 33.5 Å². The third-order valence-electron chi connectivity index (χ3n) is 3.53. The number of ether oxygens (including phenoxy) is 1. The molecule has 0 spiro atoms. The first-order valence-corrected chi connectivity index (χ1v) is 7.06. The Morgan fingerprint density at radius 3 is 2.68 bits per heavy atom. The average Bonchev–Trinajstić information content (AvgIpc) is 2.90. The molecule has 4 heteroatoms. The van der Waals surface area contributed by atoms with Crippen molar-refractivity contribution in [2.24, 2.45) is 0 Å². The van der Waals surface area contributed by atoms with Crippen LogP contribution in [-0.2, 0) is 11.2 Å². The minimum atomic E-state index is -0.0747. The number of carbonyl (C=O) groups excluding carboxylic acids is 1. The largest absolute Gasteiger partial charge is 0.497 e. The molecule has 0 fully saturated rings. The molecule has 1 aromatic heterocycles. The van der Waals surface area contributed by atoms with Crippen LogP contribution in [0.2, 0.25) is 0 Å². The van der Waals surface area contributed by atoms with E-state index in [-0.39, 0.29) is 12.3 Å². The summed E-state index contributed by atoms with van der Waals surface area (Å²) in [7, 11) is 1.61. The van der Waals surface area contributed by atoms with Crippen molar-refractivity contribution in [2.75, 3.05) is 12.4 Å². The molecule has 0 aliphatic rings. The molecule has 22 heavy (non-hydrogen) atoms. The van der Waals surface area contributed by atoms with Crippen molar-refractivity contribution in [1.29, 1.82) is 0 Å². The summed E-state index contributed by atoms with van der Waals surface area (Å²) in [5, 5.41) is 3.87. The second-order valence-electron chi connectivity index (χ2n) is 5.21. The minimum Gasteiger partial charge on any atom is -0.497 e. The van der Waals surface area contributed by atoms with Gasteiger partial charge in [-0.25, -0.2) is 0 Å². The number of benzene rings is 2. The van der Waals surface area contributed by atoms with Crippen LogP contribution in [0.4, 0.5) is 5.69 Å². The number of hydrogen-bond donors (Lipinski definition) is 1. The van der Waals surface area contributed by atoms with Gasteiger partial charge in [0, 0.05) is 16.6 Å². The first-order chi connectivity index (χ1) is 10.7. The molecule has 3 aromatic rings. The van der Waals surface area contributed by atoms with E-state index < -0.39 is 0 Å². The molecule has 2 aromatic carbocycles. The summed E-state index contributed by atoms with van der Waals surface area (Å²) in [6.07, 6.45) is 1.93. The number of nitrogens with one attached hydrogen (secondary N) is 1. The Bertz CT molecular complexity index is 803. The Morgan fingerprint density at radius 1 is 1.18 bits per heavy atom. The lowest BCUT2D eigenvalue weighted by Crippen LogP contribution is -2.14. The van der Waals surface area contributed by atoms with Crippen molar-refractivity contribution in [2.45, 2.75) is 13.3 Å². The summed E-state index contributed by atoms with van der Waals surface area (Å²) in [4.78, 5) is 12.2. The highest BCUT2D eigenvalue weighted by molar-refractivity contribution is 5.95. The first kappa shape index (κ1) is 14.2. The zero-order chi connectivity index (χ0) is 15.5. The minimum absolute atomic E-state index is 0.0747. The molecule has 0 unspecified atom stereocenters. The Hall–Kier alpha value is -2.75. The van der Waals surface area contributed by atoms with Crippen LogP contribution in [0.3, 0.4) is 0 Å². The van der Waals surface area contributed by atoms with E-state index >= 15 is 0 Å². The Kier molecular flexibility index (Phi) is 3.83. The Labute approximate surface area is 128 Å². The molecular formula is C18H17NO3. The van der Waals surface area contributed by atoms with Gasteiger partial charge in [-0.1, -0.05) is 11.6 Å². The maximum atomic E-state index is 12.2. The molecule has 1 N–H and O–H groups in total. The third kappa shape index (κ3) is 2.96. The van der Waals surface area contributed by atoms with E-state index in [0.29, 0.717) is 0 Å². The monoisotopic (exact) mass is 295 g/mol. The molecule has 0 atom stereocenters. The SMILES string of the molecule is COc1ccc(NC(=O)Cc2coc3ccc(C)cc23)cc1. The van der Waals surface area contributed by atoms with Gasteiger partial charge in [-0.3, -0.25) is 4.79 Å². The zero-order valence-corrected chi connectivity index (χ0v) is 12.6. The molecule has 0 radical (unpaired) electrons. The van der Waals surface area contributed by atoms with Crippen molar-refractivity contribution < 1.29 is 13.9 Å². The van der Waals surface area contributed by atoms with Crippen LogP contribution in [0.1, 0.15) is 11.1 Å². The highest BCUT2D eigenvalue weighted by Crippen LogP contribution is 2.23. The zero-order valence-electron chi connectivity index (χ0n) is 12.6. The van der Waals surface area contributed by atoms with E-state index in [1.165, 1.54) is 0 Å². The summed E-state index contributed by atoms with van der Waals surface area (Å²) >= 11 is 0. The number of rotatable bonds is 4. The van der Waals surface area contributed by atoms with Crippen molar-refractivity contribution in [1.82, 2.24) is 0 Å². The van der Waals surface area contributed by atoms with E-state index in [2.05, 4.69) is 5.32 Å². The summed E-state index contributed by atoms with van der Waals surface area (Å²) in [5.74, 6) is 0.684. The molecular weight excluding hydrogens is 278 g/mol. The van der Waals surface area contributed by atoms with Crippen LogP contribution in [0.5, 0.6) is 5.75 Å². The quantitative estimate of drug-likeness (QED) is 0.793. The number of methoxy groups -OCH3 is 1. The molecule has 0 aliphatic carbocycles. The van der Waals surface area contributed by atoms with Crippen LogP contribution in [0, 0.1) is 6.92 Å². The lowest BCUT2D eigenvalue weighted by Gasteiger charge is -2.06. The molecule has 0 aliphatic heterocycles. The van der Waals surface area contributed by atoms with E-state index in [1.54, 1.807) is 13.4 Å². The molecule has 3 rings (SSSR count). The van der Waals surface area contributed by atoms with Gasteiger partial charge in [-0.2, -0.15) is 0 Å². The number of carbonyl (C=O) groups is 1. The van der Waals surface area contributed by atoms with Crippen LogP contribution < -0.4 is 10.1 Å². The van der Waals surface area contributed by atoms with E-state index in [4.69, 9.17) is 9.15 Å². The van der Waals surface area contributed by atoms with Gasteiger partial charge >= 0.3 is 0 Å². The van der Waals surface area contributed by atoms with Gasteiger partial charge in [-0.05, 0) is 43.3 Å². The topological polar surface area (TPSA) is 51.5 Å². The smallest absolute Gasteiger partial charge is 0.228 e. The molecule has 112 valence electrons. The predicted octanol–water partition coefficient (Wildman–Crippen LogP) is 3.93.